The summed E-state index contributed by atoms with van der Waals surface area (Å²) in [5, 5.41) is 10.2. The maximum Gasteiger partial charge on any atom is 0.241 e. The van der Waals surface area contributed by atoms with Crippen LogP contribution in [0.4, 0.5) is 15.8 Å². The summed E-state index contributed by atoms with van der Waals surface area (Å²) in [7, 11) is 1.42. The molecule has 2 aliphatic carbocycles. The van der Waals surface area contributed by atoms with Crippen LogP contribution in [0.5, 0.6) is 11.5 Å². The highest BCUT2D eigenvalue weighted by atomic mass is 35.5. The average molecular weight is 643 g/mol. The Morgan fingerprint density at radius 2 is 1.65 bits per heavy atom. The molecule has 1 N–H and O–H groups in total. The molecule has 236 valence electrons. The van der Waals surface area contributed by atoms with Crippen molar-refractivity contribution in [3.8, 4) is 11.5 Å². The monoisotopic (exact) mass is 642 g/mol. The van der Waals surface area contributed by atoms with Gasteiger partial charge in [0.2, 0.25) is 23.6 Å². The van der Waals surface area contributed by atoms with E-state index in [0.29, 0.717) is 17.7 Å². The molecule has 46 heavy (non-hydrogen) atoms. The number of hydrogen-bond acceptors (Lipinski definition) is 6. The fourth-order valence-electron chi connectivity index (χ4n) is 8.27. The SMILES string of the molecule is CCc1ccc(N2C(=O)[C@H]3[C@H](CC=C4[C@H]3C[C@H]3C(=O)N(c5ccc(F)c(Cl)c5)C(=O)[C@@]3(C)[C@H]4c3ccc(O)c(OC)c3)C2=O)cc1. The molecular weight excluding hydrogens is 611 g/mol. The largest absolute Gasteiger partial charge is 0.504 e. The topological polar surface area (TPSA) is 104 Å². The molecule has 2 aliphatic heterocycles. The number of carbonyl (C=O) groups is 4. The summed E-state index contributed by atoms with van der Waals surface area (Å²) in [6.07, 6.45) is 3.25. The summed E-state index contributed by atoms with van der Waals surface area (Å²) >= 11 is 6.07. The molecular formula is C36H32ClFN2O6. The van der Waals surface area contributed by atoms with E-state index < -0.39 is 52.6 Å². The molecule has 8 nitrogen and oxygen atoms in total. The van der Waals surface area contributed by atoms with Crippen molar-refractivity contribution in [2.45, 2.75) is 39.0 Å². The molecule has 4 amide bonds. The van der Waals surface area contributed by atoms with Gasteiger partial charge >= 0.3 is 0 Å². The van der Waals surface area contributed by atoms with Crippen LogP contribution in [-0.4, -0.2) is 35.8 Å². The molecule has 0 bridgehead atoms. The van der Waals surface area contributed by atoms with E-state index in [0.717, 1.165) is 28.5 Å². The molecule has 3 fully saturated rings. The summed E-state index contributed by atoms with van der Waals surface area (Å²) < 4.78 is 19.5. The number of methoxy groups -OCH3 is 1. The molecule has 0 unspecified atom stereocenters. The Bertz CT molecular complexity index is 1860. The number of hydrogen-bond donors (Lipinski definition) is 1. The van der Waals surface area contributed by atoms with Gasteiger partial charge in [0.15, 0.2) is 11.5 Å². The smallest absolute Gasteiger partial charge is 0.241 e. The number of ether oxygens (including phenoxy) is 1. The van der Waals surface area contributed by atoms with Crippen LogP contribution in [0.1, 0.15) is 43.7 Å². The lowest BCUT2D eigenvalue weighted by molar-refractivity contribution is -0.131. The lowest BCUT2D eigenvalue weighted by atomic mass is 9.51. The van der Waals surface area contributed by atoms with Crippen molar-refractivity contribution in [3.05, 3.63) is 94.3 Å². The summed E-state index contributed by atoms with van der Waals surface area (Å²) in [5.41, 5.74) is 1.87. The van der Waals surface area contributed by atoms with Gasteiger partial charge in [0.05, 0.1) is 46.7 Å². The second-order valence-electron chi connectivity index (χ2n) is 12.7. The third kappa shape index (κ3) is 4.17. The molecule has 0 aromatic heterocycles. The fraction of sp³-hybridized carbons (Fsp3) is 0.333. The highest BCUT2D eigenvalue weighted by molar-refractivity contribution is 6.32. The number of halogens is 2. The van der Waals surface area contributed by atoms with E-state index in [1.54, 1.807) is 31.2 Å². The second-order valence-corrected chi connectivity index (χ2v) is 13.1. The first-order valence-corrected chi connectivity index (χ1v) is 15.8. The number of allylic oxidation sites excluding steroid dienone is 2. The van der Waals surface area contributed by atoms with E-state index in [9.17, 15) is 28.7 Å². The highest BCUT2D eigenvalue weighted by Gasteiger charge is 2.67. The molecule has 2 heterocycles. The zero-order valence-corrected chi connectivity index (χ0v) is 26.3. The first-order chi connectivity index (χ1) is 22.0. The first-order valence-electron chi connectivity index (χ1n) is 15.4. The predicted molar refractivity (Wildman–Crippen MR) is 169 cm³/mol. The number of phenolic OH excluding ortho intramolecular Hbond substituents is 1. The number of benzene rings is 3. The van der Waals surface area contributed by atoms with Crippen LogP contribution in [0.15, 0.2) is 72.3 Å². The van der Waals surface area contributed by atoms with Gasteiger partial charge in [0, 0.05) is 5.92 Å². The van der Waals surface area contributed by atoms with Gasteiger partial charge in [-0.15, -0.1) is 0 Å². The molecule has 1 saturated carbocycles. The summed E-state index contributed by atoms with van der Waals surface area (Å²) in [6, 6.07) is 15.9. The Morgan fingerprint density at radius 1 is 0.935 bits per heavy atom. The second kappa shape index (κ2) is 10.8. The quantitative estimate of drug-likeness (QED) is 0.263. The number of aryl methyl sites for hydroxylation is 1. The van der Waals surface area contributed by atoms with E-state index in [1.165, 1.54) is 30.2 Å². The van der Waals surface area contributed by atoms with E-state index in [2.05, 4.69) is 0 Å². The normalized spacial score (nSPS) is 28.6. The van der Waals surface area contributed by atoms with Gasteiger partial charge < -0.3 is 9.84 Å². The molecule has 7 rings (SSSR count). The Labute approximate surface area is 270 Å². The lowest BCUT2D eigenvalue weighted by Crippen LogP contribution is -2.48. The van der Waals surface area contributed by atoms with Crippen LogP contribution in [0.25, 0.3) is 0 Å². The average Bonchev–Trinajstić information content (AvgIpc) is 3.42. The van der Waals surface area contributed by atoms with Gasteiger partial charge in [0.25, 0.3) is 0 Å². The van der Waals surface area contributed by atoms with Crippen molar-refractivity contribution in [2.24, 2.45) is 29.1 Å². The summed E-state index contributed by atoms with van der Waals surface area (Å²) in [5.74, 6) is -5.51. The number of fused-ring (bicyclic) bond motifs is 4. The number of nitrogens with zero attached hydrogens (tertiary/aromatic N) is 2. The zero-order chi connectivity index (χ0) is 32.7. The number of rotatable bonds is 5. The van der Waals surface area contributed by atoms with Crippen LogP contribution in [0.2, 0.25) is 5.02 Å². The summed E-state index contributed by atoms with van der Waals surface area (Å²) in [4.78, 5) is 59.2. The number of aromatic hydroxyl groups is 1. The van der Waals surface area contributed by atoms with Gasteiger partial charge in [-0.3, -0.25) is 24.1 Å². The number of carbonyl (C=O) groups excluding carboxylic acids is 4. The van der Waals surface area contributed by atoms with Crippen LogP contribution in [-0.2, 0) is 25.6 Å². The van der Waals surface area contributed by atoms with Gasteiger partial charge in [0.1, 0.15) is 5.82 Å². The van der Waals surface area contributed by atoms with Crippen LogP contribution in [0.3, 0.4) is 0 Å². The first kappa shape index (κ1) is 30.2. The number of anilines is 2. The van der Waals surface area contributed by atoms with Crippen molar-refractivity contribution in [2.75, 3.05) is 16.9 Å². The van der Waals surface area contributed by atoms with Crippen molar-refractivity contribution in [1.29, 1.82) is 0 Å². The molecule has 6 atom stereocenters. The Morgan fingerprint density at radius 3 is 2.33 bits per heavy atom. The Hall–Kier alpha value is -4.50. The minimum atomic E-state index is -1.31. The standard InChI is InChI=1S/C36H32ClFN2O6/c1-4-18-5-8-20(9-6-18)39-32(42)23-12-11-22-24(30(23)34(39)44)17-25-33(43)40(21-10-13-27(38)26(37)16-21)35(45)36(25,2)31(22)19-7-14-28(41)29(15-19)46-3/h5-11,13-16,23-25,30-31,41H,4,12,17H2,1-3H3/t23-,24+,25-,30-,31-,36+/m0/s1. The maximum absolute atomic E-state index is 14.5. The van der Waals surface area contributed by atoms with Crippen LogP contribution >= 0.6 is 11.6 Å². The summed E-state index contributed by atoms with van der Waals surface area (Å²) in [6.45, 7) is 3.78. The molecule has 0 spiro atoms. The van der Waals surface area contributed by atoms with E-state index in [1.807, 2.05) is 25.1 Å². The Balaban J connectivity index is 1.36. The molecule has 3 aromatic carbocycles. The van der Waals surface area contributed by atoms with Gasteiger partial charge in [-0.25, -0.2) is 9.29 Å². The fourth-order valence-corrected chi connectivity index (χ4v) is 8.45. The van der Waals surface area contributed by atoms with E-state index >= 15 is 0 Å². The van der Waals surface area contributed by atoms with Crippen LogP contribution < -0.4 is 14.5 Å². The molecule has 3 aromatic rings. The lowest BCUT2D eigenvalue weighted by Gasteiger charge is -2.49. The minimum absolute atomic E-state index is 0.0873. The third-order valence-electron chi connectivity index (χ3n) is 10.6. The molecule has 0 radical (unpaired) electrons. The minimum Gasteiger partial charge on any atom is -0.504 e. The Kier molecular flexibility index (Phi) is 7.08. The molecule has 10 heteroatoms. The molecule has 2 saturated heterocycles. The zero-order valence-electron chi connectivity index (χ0n) is 25.5. The van der Waals surface area contributed by atoms with Gasteiger partial charge in [-0.2, -0.15) is 0 Å². The van der Waals surface area contributed by atoms with Crippen LogP contribution in [0, 0.1) is 34.9 Å². The van der Waals surface area contributed by atoms with Crippen molar-refractivity contribution in [1.82, 2.24) is 0 Å². The predicted octanol–water partition coefficient (Wildman–Crippen LogP) is 6.19. The number of amides is 4. The molecule has 4 aliphatic rings. The van der Waals surface area contributed by atoms with E-state index in [-0.39, 0.29) is 40.4 Å². The van der Waals surface area contributed by atoms with Crippen molar-refractivity contribution in [3.63, 3.8) is 0 Å². The maximum atomic E-state index is 14.5. The number of imide groups is 2. The number of phenols is 1. The third-order valence-corrected chi connectivity index (χ3v) is 10.9. The van der Waals surface area contributed by atoms with Gasteiger partial charge in [-0.1, -0.05) is 48.4 Å². The van der Waals surface area contributed by atoms with Gasteiger partial charge in [-0.05, 0) is 85.7 Å². The highest BCUT2D eigenvalue weighted by Crippen LogP contribution is 2.64. The van der Waals surface area contributed by atoms with Crippen molar-refractivity contribution >= 4 is 46.6 Å². The van der Waals surface area contributed by atoms with Crippen molar-refractivity contribution < 1.29 is 33.4 Å². The van der Waals surface area contributed by atoms with E-state index in [4.69, 9.17) is 16.3 Å².